The zero-order valence-electron chi connectivity index (χ0n) is 11.5. The smallest absolute Gasteiger partial charge is 0.230 e. The first kappa shape index (κ1) is 14.8. The van der Waals surface area contributed by atoms with Crippen LogP contribution in [0.4, 0.5) is 5.82 Å². The van der Waals surface area contributed by atoms with Crippen LogP contribution in [0, 0.1) is 12.8 Å². The first-order valence-electron chi connectivity index (χ1n) is 6.52. The fourth-order valence-electron chi connectivity index (χ4n) is 2.85. The Labute approximate surface area is 122 Å². The predicted molar refractivity (Wildman–Crippen MR) is 78.8 cm³/mol. The van der Waals surface area contributed by atoms with Gasteiger partial charge in [-0.25, -0.2) is 4.68 Å². The van der Waals surface area contributed by atoms with Crippen LogP contribution in [0.2, 0.25) is 0 Å². The molecule has 0 radical (unpaired) electrons. The van der Waals surface area contributed by atoms with Crippen LogP contribution in [-0.4, -0.2) is 31.9 Å². The van der Waals surface area contributed by atoms with Crippen molar-refractivity contribution in [3.63, 3.8) is 0 Å². The molecule has 0 bridgehead atoms. The SMILES string of the molecule is Cc1nn(C)c2n[nH]c(NC(=O)C3CCCC3N)c12.Cl. The van der Waals surface area contributed by atoms with Gasteiger partial charge in [-0.3, -0.25) is 9.89 Å². The number of hydrogen-bond acceptors (Lipinski definition) is 4. The normalized spacial score (nSPS) is 21.9. The van der Waals surface area contributed by atoms with Gasteiger partial charge in [0.25, 0.3) is 0 Å². The lowest BCUT2D eigenvalue weighted by molar-refractivity contribution is -0.120. The molecule has 2 aromatic heterocycles. The fraction of sp³-hybridized carbons (Fsp3) is 0.583. The number of fused-ring (bicyclic) bond motifs is 1. The molecule has 2 heterocycles. The summed E-state index contributed by atoms with van der Waals surface area (Å²) in [6.07, 6.45) is 2.79. The summed E-state index contributed by atoms with van der Waals surface area (Å²) in [5.74, 6) is 0.485. The van der Waals surface area contributed by atoms with Gasteiger partial charge in [0, 0.05) is 13.1 Å². The highest BCUT2D eigenvalue weighted by Crippen LogP contribution is 2.27. The van der Waals surface area contributed by atoms with E-state index in [9.17, 15) is 4.79 Å². The van der Waals surface area contributed by atoms with Gasteiger partial charge in [-0.05, 0) is 19.8 Å². The van der Waals surface area contributed by atoms with E-state index in [1.165, 1.54) is 0 Å². The van der Waals surface area contributed by atoms with E-state index < -0.39 is 0 Å². The third-order valence-corrected chi connectivity index (χ3v) is 3.87. The summed E-state index contributed by atoms with van der Waals surface area (Å²) in [6.45, 7) is 1.90. The van der Waals surface area contributed by atoms with Gasteiger partial charge in [0.15, 0.2) is 5.65 Å². The summed E-state index contributed by atoms with van der Waals surface area (Å²) < 4.78 is 1.69. The molecule has 1 aliphatic rings. The van der Waals surface area contributed by atoms with Crippen molar-refractivity contribution in [2.75, 3.05) is 5.32 Å². The molecule has 0 aliphatic heterocycles. The Morgan fingerprint density at radius 2 is 2.25 bits per heavy atom. The second kappa shape index (κ2) is 5.41. The molecule has 1 saturated carbocycles. The highest BCUT2D eigenvalue weighted by molar-refractivity contribution is 6.01. The van der Waals surface area contributed by atoms with Gasteiger partial charge < -0.3 is 11.1 Å². The number of aryl methyl sites for hydroxylation is 2. The molecule has 8 heteroatoms. The number of aromatic amines is 1. The molecule has 2 aromatic rings. The zero-order chi connectivity index (χ0) is 13.6. The number of aromatic nitrogens is 4. The van der Waals surface area contributed by atoms with E-state index >= 15 is 0 Å². The quantitative estimate of drug-likeness (QED) is 0.772. The Hall–Kier alpha value is -1.60. The first-order valence-corrected chi connectivity index (χ1v) is 6.52. The minimum Gasteiger partial charge on any atom is -0.327 e. The minimum absolute atomic E-state index is 0. The molecular formula is C12H19ClN6O. The van der Waals surface area contributed by atoms with E-state index in [4.69, 9.17) is 5.73 Å². The lowest BCUT2D eigenvalue weighted by Crippen LogP contribution is -2.34. The summed E-state index contributed by atoms with van der Waals surface area (Å²) in [4.78, 5) is 12.2. The maximum atomic E-state index is 12.2. The molecule has 1 amide bonds. The molecule has 4 N–H and O–H groups in total. The standard InChI is InChI=1S/C12H18N6O.ClH/c1-6-9-10(15-16-11(9)18(2)17-6)14-12(19)7-4-3-5-8(7)13;/h7-8H,3-5,13H2,1-2H3,(H2,14,15,16,19);1H. The number of rotatable bonds is 2. The summed E-state index contributed by atoms with van der Waals surface area (Å²) in [5, 5.41) is 15.1. The Morgan fingerprint density at radius 1 is 1.50 bits per heavy atom. The van der Waals surface area contributed by atoms with Gasteiger partial charge in [-0.2, -0.15) is 10.2 Å². The number of nitrogens with zero attached hydrogens (tertiary/aromatic N) is 3. The molecule has 7 nitrogen and oxygen atoms in total. The van der Waals surface area contributed by atoms with Crippen LogP contribution in [-0.2, 0) is 11.8 Å². The van der Waals surface area contributed by atoms with Crippen molar-refractivity contribution in [1.82, 2.24) is 20.0 Å². The van der Waals surface area contributed by atoms with Crippen molar-refractivity contribution in [2.24, 2.45) is 18.7 Å². The van der Waals surface area contributed by atoms with E-state index in [2.05, 4.69) is 20.6 Å². The van der Waals surface area contributed by atoms with E-state index in [0.29, 0.717) is 5.82 Å². The van der Waals surface area contributed by atoms with Crippen molar-refractivity contribution in [2.45, 2.75) is 32.2 Å². The predicted octanol–water partition coefficient (Wildman–Crippen LogP) is 1.09. The number of hydrogen-bond donors (Lipinski definition) is 3. The minimum atomic E-state index is -0.102. The molecular weight excluding hydrogens is 280 g/mol. The van der Waals surface area contributed by atoms with Crippen molar-refractivity contribution in [3.05, 3.63) is 5.69 Å². The number of nitrogens with two attached hydrogens (primary N) is 1. The molecule has 2 atom stereocenters. The summed E-state index contributed by atoms with van der Waals surface area (Å²) in [5.41, 5.74) is 7.54. The van der Waals surface area contributed by atoms with Crippen molar-refractivity contribution in [1.29, 1.82) is 0 Å². The third kappa shape index (κ3) is 2.27. The van der Waals surface area contributed by atoms with Gasteiger partial charge in [0.05, 0.1) is 17.0 Å². The summed E-state index contributed by atoms with van der Waals surface area (Å²) in [6, 6.07) is -0.0339. The van der Waals surface area contributed by atoms with Crippen molar-refractivity contribution >= 4 is 35.2 Å². The Kier molecular flexibility index (Phi) is 4.01. The van der Waals surface area contributed by atoms with E-state index in [0.717, 1.165) is 36.0 Å². The summed E-state index contributed by atoms with van der Waals surface area (Å²) in [7, 11) is 1.83. The Balaban J connectivity index is 0.00000147. The number of anilines is 1. The van der Waals surface area contributed by atoms with Crippen LogP contribution in [0.5, 0.6) is 0 Å². The first-order chi connectivity index (χ1) is 9.08. The van der Waals surface area contributed by atoms with Gasteiger partial charge >= 0.3 is 0 Å². The summed E-state index contributed by atoms with van der Waals surface area (Å²) >= 11 is 0. The molecule has 0 saturated heterocycles. The monoisotopic (exact) mass is 298 g/mol. The number of carbonyl (C=O) groups is 1. The average Bonchev–Trinajstić information content (AvgIpc) is 3.00. The number of amides is 1. The highest BCUT2D eigenvalue weighted by Gasteiger charge is 2.31. The van der Waals surface area contributed by atoms with Gasteiger partial charge in [0.1, 0.15) is 5.82 Å². The largest absolute Gasteiger partial charge is 0.327 e. The van der Waals surface area contributed by atoms with E-state index in [1.807, 2.05) is 14.0 Å². The number of H-pyrrole nitrogens is 1. The lowest BCUT2D eigenvalue weighted by atomic mass is 10.0. The van der Waals surface area contributed by atoms with Crippen LogP contribution >= 0.6 is 12.4 Å². The second-order valence-electron chi connectivity index (χ2n) is 5.20. The third-order valence-electron chi connectivity index (χ3n) is 3.87. The fourth-order valence-corrected chi connectivity index (χ4v) is 2.85. The number of carbonyl (C=O) groups excluding carboxylic acids is 1. The van der Waals surface area contributed by atoms with Gasteiger partial charge in [0.2, 0.25) is 5.91 Å². The number of halogens is 1. The highest BCUT2D eigenvalue weighted by atomic mass is 35.5. The molecule has 2 unspecified atom stereocenters. The molecule has 1 fully saturated rings. The zero-order valence-corrected chi connectivity index (χ0v) is 12.3. The molecule has 1 aliphatic carbocycles. The van der Waals surface area contributed by atoms with Crippen LogP contribution < -0.4 is 11.1 Å². The van der Waals surface area contributed by atoms with Gasteiger partial charge in [-0.15, -0.1) is 12.4 Å². The van der Waals surface area contributed by atoms with Crippen LogP contribution in [0.15, 0.2) is 0 Å². The van der Waals surface area contributed by atoms with Crippen LogP contribution in [0.25, 0.3) is 11.0 Å². The molecule has 20 heavy (non-hydrogen) atoms. The topological polar surface area (TPSA) is 102 Å². The van der Waals surface area contributed by atoms with E-state index in [-0.39, 0.29) is 30.3 Å². The average molecular weight is 299 g/mol. The Bertz CT molecular complexity index is 633. The lowest BCUT2D eigenvalue weighted by Gasteiger charge is -2.14. The van der Waals surface area contributed by atoms with Crippen LogP contribution in [0.1, 0.15) is 25.0 Å². The maximum absolute atomic E-state index is 12.2. The molecule has 0 aromatic carbocycles. The van der Waals surface area contributed by atoms with Crippen molar-refractivity contribution < 1.29 is 4.79 Å². The second-order valence-corrected chi connectivity index (χ2v) is 5.20. The van der Waals surface area contributed by atoms with Gasteiger partial charge in [-0.1, -0.05) is 6.42 Å². The molecule has 3 rings (SSSR count). The van der Waals surface area contributed by atoms with E-state index in [1.54, 1.807) is 4.68 Å². The van der Waals surface area contributed by atoms with Crippen molar-refractivity contribution in [3.8, 4) is 0 Å². The maximum Gasteiger partial charge on any atom is 0.230 e. The molecule has 0 spiro atoms. The Morgan fingerprint density at radius 3 is 2.90 bits per heavy atom. The van der Waals surface area contributed by atoms with Crippen LogP contribution in [0.3, 0.4) is 0 Å². The number of nitrogens with one attached hydrogen (secondary N) is 2. The molecule has 110 valence electrons.